The predicted octanol–water partition coefficient (Wildman–Crippen LogP) is 3.38. The van der Waals surface area contributed by atoms with Crippen LogP contribution in [-0.2, 0) is 0 Å². The van der Waals surface area contributed by atoms with Gasteiger partial charge in [-0.3, -0.25) is 0 Å². The summed E-state index contributed by atoms with van der Waals surface area (Å²) in [6.45, 7) is 3.72. The Morgan fingerprint density at radius 2 is 2.30 bits per heavy atom. The maximum Gasteiger partial charge on any atom is 0.119 e. The van der Waals surface area contributed by atoms with Gasteiger partial charge in [0.1, 0.15) is 5.75 Å². The minimum absolute atomic E-state index is 0.175. The van der Waals surface area contributed by atoms with E-state index in [9.17, 15) is 4.91 Å². The Kier molecular flexibility index (Phi) is 5.30. The summed E-state index contributed by atoms with van der Waals surface area (Å²) in [5.74, 6) is 0.869. The topological polar surface area (TPSA) is 50.7 Å². The van der Waals surface area contributed by atoms with Gasteiger partial charge in [0.05, 0.1) is 13.2 Å². The minimum atomic E-state index is -0.175. The van der Waals surface area contributed by atoms with Crippen molar-refractivity contribution in [2.75, 3.05) is 20.2 Å². The number of hydrogen-bond acceptors (Lipinski definition) is 4. The van der Waals surface area contributed by atoms with Crippen molar-refractivity contribution in [3.63, 3.8) is 0 Å². The van der Waals surface area contributed by atoms with Gasteiger partial charge in [-0.05, 0) is 56.0 Å². The van der Waals surface area contributed by atoms with Gasteiger partial charge in [0.25, 0.3) is 0 Å². The quantitative estimate of drug-likeness (QED) is 0.837. The molecule has 1 aromatic rings. The van der Waals surface area contributed by atoms with E-state index in [1.807, 2.05) is 19.1 Å². The molecule has 0 saturated carbocycles. The Labute approximate surface area is 120 Å². The lowest BCUT2D eigenvalue weighted by molar-refractivity contribution is 0.414. The molecular weight excluding hydrogens is 252 g/mol. The summed E-state index contributed by atoms with van der Waals surface area (Å²) in [4.78, 5) is 10.7. The van der Waals surface area contributed by atoms with Crippen molar-refractivity contribution < 1.29 is 4.74 Å². The van der Waals surface area contributed by atoms with Crippen molar-refractivity contribution in [1.82, 2.24) is 5.32 Å². The van der Waals surface area contributed by atoms with E-state index < -0.39 is 0 Å². The fourth-order valence-corrected chi connectivity index (χ4v) is 2.66. The first kappa shape index (κ1) is 14.7. The summed E-state index contributed by atoms with van der Waals surface area (Å²) < 4.78 is 5.31. The highest BCUT2D eigenvalue weighted by atomic mass is 16.5. The summed E-state index contributed by atoms with van der Waals surface area (Å²) in [5.41, 5.74) is 3.83. The third kappa shape index (κ3) is 3.67. The molecule has 1 atom stereocenters. The molecule has 4 heteroatoms. The number of rotatable bonds is 5. The van der Waals surface area contributed by atoms with E-state index in [-0.39, 0.29) is 6.04 Å². The van der Waals surface area contributed by atoms with Gasteiger partial charge in [0, 0.05) is 6.54 Å². The summed E-state index contributed by atoms with van der Waals surface area (Å²) >= 11 is 0. The van der Waals surface area contributed by atoms with E-state index >= 15 is 0 Å². The standard InChI is InChI=1S/C16H22N2O2/c1-12(18-19)9-14-11-17-8-4-7-16(14)13-5-3-6-15(10-13)20-2/h3,5-6,10,12,17H,4,7-9,11H2,1-2H3. The van der Waals surface area contributed by atoms with Gasteiger partial charge in [-0.2, -0.15) is 4.91 Å². The van der Waals surface area contributed by atoms with Crippen LogP contribution in [0.15, 0.2) is 35.0 Å². The Morgan fingerprint density at radius 1 is 1.45 bits per heavy atom. The van der Waals surface area contributed by atoms with Gasteiger partial charge in [-0.1, -0.05) is 22.9 Å². The molecule has 1 unspecified atom stereocenters. The van der Waals surface area contributed by atoms with Crippen LogP contribution in [0.4, 0.5) is 0 Å². The van der Waals surface area contributed by atoms with Crippen LogP contribution in [-0.4, -0.2) is 26.2 Å². The zero-order valence-corrected chi connectivity index (χ0v) is 12.2. The van der Waals surface area contributed by atoms with Crippen molar-refractivity contribution >= 4 is 5.57 Å². The highest BCUT2D eigenvalue weighted by Crippen LogP contribution is 2.30. The number of benzene rings is 1. The number of ether oxygens (including phenoxy) is 1. The van der Waals surface area contributed by atoms with Gasteiger partial charge in [0.15, 0.2) is 0 Å². The van der Waals surface area contributed by atoms with Crippen LogP contribution in [0.5, 0.6) is 5.75 Å². The lowest BCUT2D eigenvalue weighted by atomic mass is 9.93. The second-order valence-corrected chi connectivity index (χ2v) is 5.25. The molecule has 0 aromatic heterocycles. The molecule has 1 aliphatic heterocycles. The summed E-state index contributed by atoms with van der Waals surface area (Å²) in [6, 6.07) is 7.97. The van der Waals surface area contributed by atoms with Crippen LogP contribution in [0, 0.1) is 4.91 Å². The predicted molar refractivity (Wildman–Crippen MR) is 81.9 cm³/mol. The summed E-state index contributed by atoms with van der Waals surface area (Å²) in [5, 5.41) is 6.56. The van der Waals surface area contributed by atoms with Crippen molar-refractivity contribution in [2.45, 2.75) is 32.2 Å². The molecule has 1 aromatic carbocycles. The van der Waals surface area contributed by atoms with Crippen LogP contribution in [0.3, 0.4) is 0 Å². The largest absolute Gasteiger partial charge is 0.497 e. The first-order valence-electron chi connectivity index (χ1n) is 7.13. The molecule has 0 bridgehead atoms. The van der Waals surface area contributed by atoms with Crippen LogP contribution >= 0.6 is 0 Å². The van der Waals surface area contributed by atoms with Crippen LogP contribution in [0.1, 0.15) is 31.7 Å². The van der Waals surface area contributed by atoms with Crippen molar-refractivity contribution in [2.24, 2.45) is 5.18 Å². The molecule has 20 heavy (non-hydrogen) atoms. The molecule has 4 nitrogen and oxygen atoms in total. The fourth-order valence-electron chi connectivity index (χ4n) is 2.66. The van der Waals surface area contributed by atoms with Gasteiger partial charge in [-0.25, -0.2) is 0 Å². The molecule has 2 rings (SSSR count). The fraction of sp³-hybridized carbons (Fsp3) is 0.500. The molecule has 0 aliphatic carbocycles. The summed E-state index contributed by atoms with van der Waals surface area (Å²) in [6.07, 6.45) is 2.86. The zero-order chi connectivity index (χ0) is 14.4. The number of hydrogen-bond donors (Lipinski definition) is 1. The highest BCUT2D eigenvalue weighted by molar-refractivity contribution is 5.70. The van der Waals surface area contributed by atoms with E-state index in [4.69, 9.17) is 4.74 Å². The molecule has 0 radical (unpaired) electrons. The lowest BCUT2D eigenvalue weighted by Crippen LogP contribution is -2.18. The lowest BCUT2D eigenvalue weighted by Gasteiger charge is -2.15. The Morgan fingerprint density at radius 3 is 3.05 bits per heavy atom. The molecule has 0 spiro atoms. The Balaban J connectivity index is 2.35. The van der Waals surface area contributed by atoms with Crippen LogP contribution in [0.25, 0.3) is 5.57 Å². The molecule has 0 fully saturated rings. The highest BCUT2D eigenvalue weighted by Gasteiger charge is 2.16. The number of nitrogens with one attached hydrogen (secondary N) is 1. The first-order valence-corrected chi connectivity index (χ1v) is 7.13. The van der Waals surface area contributed by atoms with E-state index in [2.05, 4.69) is 22.6 Å². The second-order valence-electron chi connectivity index (χ2n) is 5.25. The van der Waals surface area contributed by atoms with E-state index in [0.29, 0.717) is 0 Å². The number of allylic oxidation sites excluding steroid dienone is 1. The summed E-state index contributed by atoms with van der Waals surface area (Å²) in [7, 11) is 1.68. The molecule has 1 heterocycles. The molecular formula is C16H22N2O2. The van der Waals surface area contributed by atoms with Gasteiger partial charge >= 0.3 is 0 Å². The zero-order valence-electron chi connectivity index (χ0n) is 12.2. The van der Waals surface area contributed by atoms with Gasteiger partial charge < -0.3 is 10.1 Å². The molecule has 0 saturated heterocycles. The second kappa shape index (κ2) is 7.20. The minimum Gasteiger partial charge on any atom is -0.497 e. The van der Waals surface area contributed by atoms with Crippen molar-refractivity contribution in [3.05, 3.63) is 40.3 Å². The normalized spacial score (nSPS) is 17.5. The maximum atomic E-state index is 10.7. The third-order valence-corrected chi connectivity index (χ3v) is 3.69. The SMILES string of the molecule is COc1cccc(C2=C(CC(C)N=O)CNCCC2)c1. The Bertz CT molecular complexity index is 497. The van der Waals surface area contributed by atoms with E-state index in [1.165, 1.54) is 16.7 Å². The van der Waals surface area contributed by atoms with E-state index in [1.54, 1.807) is 7.11 Å². The average molecular weight is 274 g/mol. The van der Waals surface area contributed by atoms with E-state index in [0.717, 1.165) is 38.1 Å². The average Bonchev–Trinajstić information content (AvgIpc) is 2.72. The molecule has 108 valence electrons. The Hall–Kier alpha value is -1.68. The maximum absolute atomic E-state index is 10.7. The van der Waals surface area contributed by atoms with Crippen molar-refractivity contribution in [1.29, 1.82) is 0 Å². The number of methoxy groups -OCH3 is 1. The molecule has 0 amide bonds. The van der Waals surface area contributed by atoms with Gasteiger partial charge in [0.2, 0.25) is 0 Å². The number of nitroso groups, excluding NO2 is 1. The van der Waals surface area contributed by atoms with Crippen LogP contribution in [0.2, 0.25) is 0 Å². The molecule has 1 N–H and O–H groups in total. The number of nitrogens with zero attached hydrogens (tertiary/aromatic N) is 1. The van der Waals surface area contributed by atoms with Crippen molar-refractivity contribution in [3.8, 4) is 5.75 Å². The first-order chi connectivity index (χ1) is 9.74. The third-order valence-electron chi connectivity index (χ3n) is 3.69. The molecule has 1 aliphatic rings. The van der Waals surface area contributed by atoms with Gasteiger partial charge in [-0.15, -0.1) is 0 Å². The van der Waals surface area contributed by atoms with Crippen LogP contribution < -0.4 is 10.1 Å². The smallest absolute Gasteiger partial charge is 0.119 e. The monoisotopic (exact) mass is 274 g/mol.